The van der Waals surface area contributed by atoms with Crippen molar-refractivity contribution in [2.45, 2.75) is 78.9 Å². The first kappa shape index (κ1) is 21.4. The number of hydrogen-bond donors (Lipinski definition) is 0. The fourth-order valence-corrected chi connectivity index (χ4v) is 3.05. The van der Waals surface area contributed by atoms with Crippen molar-refractivity contribution >= 4 is 5.69 Å². The molecule has 5 heteroatoms. The fraction of sp³-hybridized carbons (Fsp3) is 0.700. The zero-order valence-corrected chi connectivity index (χ0v) is 16.6. The van der Waals surface area contributed by atoms with E-state index in [0.29, 0.717) is 6.04 Å². The molecule has 0 radical (unpaired) electrons. The first-order chi connectivity index (χ1) is 11.9. The predicted octanol–water partition coefficient (Wildman–Crippen LogP) is 5.39. The molecule has 5 nitrogen and oxygen atoms in total. The Morgan fingerprint density at radius 1 is 1.24 bits per heavy atom. The lowest BCUT2D eigenvalue weighted by Gasteiger charge is -2.35. The summed E-state index contributed by atoms with van der Waals surface area (Å²) in [5.41, 5.74) is 1.09. The highest BCUT2D eigenvalue weighted by Gasteiger charge is 2.24. The third-order valence-electron chi connectivity index (χ3n) is 4.85. The molecule has 1 aromatic rings. The number of nitrogens with zero attached hydrogens (tertiary/aromatic N) is 2. The molecule has 1 aliphatic heterocycles. The molecule has 0 spiro atoms. The highest BCUT2D eigenvalue weighted by atomic mass is 16.6. The second-order valence-corrected chi connectivity index (χ2v) is 6.74. The Kier molecular flexibility index (Phi) is 8.90. The molecule has 0 aromatic heterocycles. The van der Waals surface area contributed by atoms with E-state index in [1.165, 1.54) is 0 Å². The van der Waals surface area contributed by atoms with Gasteiger partial charge in [-0.1, -0.05) is 27.7 Å². The van der Waals surface area contributed by atoms with Crippen LogP contribution in [0.15, 0.2) is 18.2 Å². The largest absolute Gasteiger partial charge is 0.490 e. The lowest BCUT2D eigenvalue weighted by Crippen LogP contribution is -2.41. The smallest absolute Gasteiger partial charge is 0.269 e. The third-order valence-corrected chi connectivity index (χ3v) is 4.85. The molecule has 1 saturated heterocycles. The molecule has 25 heavy (non-hydrogen) atoms. The van der Waals surface area contributed by atoms with Gasteiger partial charge < -0.3 is 9.64 Å². The van der Waals surface area contributed by atoms with Gasteiger partial charge in [-0.25, -0.2) is 0 Å². The second kappa shape index (κ2) is 10.4. The van der Waals surface area contributed by atoms with Crippen LogP contribution < -0.4 is 4.74 Å². The van der Waals surface area contributed by atoms with Crippen LogP contribution in [0.25, 0.3) is 0 Å². The van der Waals surface area contributed by atoms with E-state index in [0.717, 1.165) is 43.7 Å². The number of rotatable bonds is 6. The third kappa shape index (κ3) is 5.99. The maximum Gasteiger partial charge on any atom is 0.269 e. The van der Waals surface area contributed by atoms with E-state index >= 15 is 0 Å². The van der Waals surface area contributed by atoms with Crippen molar-refractivity contribution in [2.75, 3.05) is 13.1 Å². The average Bonchev–Trinajstić information content (AvgIpc) is 2.63. The van der Waals surface area contributed by atoms with E-state index in [1.54, 1.807) is 18.2 Å². The number of piperidine rings is 1. The van der Waals surface area contributed by atoms with Gasteiger partial charge in [0.25, 0.3) is 5.69 Å². The average molecular weight is 351 g/mol. The van der Waals surface area contributed by atoms with Gasteiger partial charge in [0.2, 0.25) is 0 Å². The van der Waals surface area contributed by atoms with Gasteiger partial charge in [-0.3, -0.25) is 10.1 Å². The van der Waals surface area contributed by atoms with E-state index in [-0.39, 0.29) is 22.6 Å². The van der Waals surface area contributed by atoms with Gasteiger partial charge in [0.15, 0.2) is 0 Å². The minimum Gasteiger partial charge on any atom is -0.490 e. The zero-order valence-electron chi connectivity index (χ0n) is 16.6. The molecule has 1 unspecified atom stereocenters. The molecule has 0 amide bonds. The van der Waals surface area contributed by atoms with E-state index in [1.807, 2.05) is 13.8 Å². The van der Waals surface area contributed by atoms with Crippen molar-refractivity contribution in [2.24, 2.45) is 0 Å². The topological polar surface area (TPSA) is 55.6 Å². The van der Waals surface area contributed by atoms with Crippen molar-refractivity contribution in [1.82, 2.24) is 4.90 Å². The number of nitro benzene ring substituents is 1. The molecule has 0 aliphatic carbocycles. The lowest BCUT2D eigenvalue weighted by atomic mass is 9.96. The normalized spacial score (nSPS) is 16.9. The number of non-ortho nitro benzene ring substituents is 1. The number of nitro groups is 1. The summed E-state index contributed by atoms with van der Waals surface area (Å²) >= 11 is 0. The standard InChI is InChI=1S/C18H28N2O3.C2H6/c1-5-14(4)17-12-15(20(21)22)6-7-18(17)23-16-8-10-19(11-9-16)13(2)3;1-2/h6-7,12-14,16H,5,8-11H2,1-4H3;1-2H3. The van der Waals surface area contributed by atoms with Crippen LogP contribution in [0.5, 0.6) is 5.75 Å². The van der Waals surface area contributed by atoms with Gasteiger partial charge in [-0.2, -0.15) is 0 Å². The summed E-state index contributed by atoms with van der Waals surface area (Å²) in [6, 6.07) is 5.57. The quantitative estimate of drug-likeness (QED) is 0.510. The molecule has 2 rings (SSSR count). The molecular formula is C20H34N2O3. The molecule has 1 aliphatic rings. The van der Waals surface area contributed by atoms with Gasteiger partial charge >= 0.3 is 0 Å². The van der Waals surface area contributed by atoms with Crippen LogP contribution >= 0.6 is 0 Å². The first-order valence-corrected chi connectivity index (χ1v) is 9.61. The van der Waals surface area contributed by atoms with Crippen LogP contribution in [0, 0.1) is 10.1 Å². The molecule has 1 atom stereocenters. The summed E-state index contributed by atoms with van der Waals surface area (Å²) in [4.78, 5) is 13.2. The molecular weight excluding hydrogens is 316 g/mol. The molecule has 142 valence electrons. The van der Waals surface area contributed by atoms with E-state index < -0.39 is 0 Å². The molecule has 0 N–H and O–H groups in total. The van der Waals surface area contributed by atoms with Crippen LogP contribution in [-0.2, 0) is 0 Å². The Bertz CT molecular complexity index is 538. The molecule has 1 heterocycles. The summed E-state index contributed by atoms with van der Waals surface area (Å²) < 4.78 is 6.22. The van der Waals surface area contributed by atoms with E-state index in [9.17, 15) is 10.1 Å². The Balaban J connectivity index is 0.00000151. The van der Waals surface area contributed by atoms with Crippen LogP contribution in [0.4, 0.5) is 5.69 Å². The SMILES string of the molecule is CC.CCC(C)c1cc([N+](=O)[O-])ccc1OC1CCN(C(C)C)CC1. The van der Waals surface area contributed by atoms with Gasteiger partial charge in [-0.05, 0) is 45.1 Å². The first-order valence-electron chi connectivity index (χ1n) is 9.61. The van der Waals surface area contributed by atoms with Gasteiger partial charge in [0.05, 0.1) is 4.92 Å². The van der Waals surface area contributed by atoms with Crippen LogP contribution in [-0.4, -0.2) is 35.1 Å². The Morgan fingerprint density at radius 2 is 1.84 bits per heavy atom. The number of benzene rings is 1. The van der Waals surface area contributed by atoms with Crippen molar-refractivity contribution in [3.05, 3.63) is 33.9 Å². The van der Waals surface area contributed by atoms with Crippen LogP contribution in [0.2, 0.25) is 0 Å². The molecule has 1 aromatic carbocycles. The number of ether oxygens (including phenoxy) is 1. The second-order valence-electron chi connectivity index (χ2n) is 6.74. The van der Waals surface area contributed by atoms with Gasteiger partial charge in [0, 0.05) is 36.8 Å². The fourth-order valence-electron chi connectivity index (χ4n) is 3.05. The van der Waals surface area contributed by atoms with Crippen molar-refractivity contribution in [1.29, 1.82) is 0 Å². The maximum atomic E-state index is 11.0. The van der Waals surface area contributed by atoms with Crippen LogP contribution in [0.3, 0.4) is 0 Å². The Labute approximate surface area is 152 Å². The minimum absolute atomic E-state index is 0.141. The summed E-state index contributed by atoms with van der Waals surface area (Å²) in [5, 5.41) is 11.0. The van der Waals surface area contributed by atoms with Crippen molar-refractivity contribution < 1.29 is 9.66 Å². The lowest BCUT2D eigenvalue weighted by molar-refractivity contribution is -0.385. The Morgan fingerprint density at radius 3 is 2.32 bits per heavy atom. The molecule has 0 saturated carbocycles. The summed E-state index contributed by atoms with van der Waals surface area (Å²) in [5.74, 6) is 1.06. The highest BCUT2D eigenvalue weighted by Crippen LogP contribution is 2.33. The molecule has 0 bridgehead atoms. The van der Waals surface area contributed by atoms with E-state index in [4.69, 9.17) is 4.74 Å². The van der Waals surface area contributed by atoms with Crippen LogP contribution in [0.1, 0.15) is 72.3 Å². The molecule has 1 fully saturated rings. The summed E-state index contributed by atoms with van der Waals surface area (Å²) in [6.07, 6.45) is 3.15. The maximum absolute atomic E-state index is 11.0. The Hall–Kier alpha value is -1.62. The zero-order chi connectivity index (χ0) is 19.0. The van der Waals surface area contributed by atoms with Gasteiger partial charge in [-0.15, -0.1) is 0 Å². The minimum atomic E-state index is -0.337. The summed E-state index contributed by atoms with van der Waals surface area (Å²) in [6.45, 7) is 14.7. The van der Waals surface area contributed by atoms with E-state index in [2.05, 4.69) is 32.6 Å². The number of hydrogen-bond acceptors (Lipinski definition) is 4. The van der Waals surface area contributed by atoms with Crippen molar-refractivity contribution in [3.63, 3.8) is 0 Å². The summed E-state index contributed by atoms with van der Waals surface area (Å²) in [7, 11) is 0. The highest BCUT2D eigenvalue weighted by molar-refractivity contribution is 5.45. The van der Waals surface area contributed by atoms with Gasteiger partial charge in [0.1, 0.15) is 11.9 Å². The predicted molar refractivity (Wildman–Crippen MR) is 104 cm³/mol. The number of likely N-dealkylation sites (tertiary alicyclic amines) is 1. The monoisotopic (exact) mass is 350 g/mol. The van der Waals surface area contributed by atoms with Crippen molar-refractivity contribution in [3.8, 4) is 5.75 Å².